The van der Waals surface area contributed by atoms with Gasteiger partial charge in [0.2, 0.25) is 0 Å². The van der Waals surface area contributed by atoms with E-state index in [2.05, 4.69) is 0 Å². The van der Waals surface area contributed by atoms with Crippen LogP contribution in [-0.4, -0.2) is 40.8 Å². The minimum Gasteiger partial charge on any atom is -0.465 e. The monoisotopic (exact) mass is 220 g/mol. The molecule has 0 bridgehead atoms. The quantitative estimate of drug-likeness (QED) is 0.411. The summed E-state index contributed by atoms with van der Waals surface area (Å²) in [4.78, 5) is 11.3. The fourth-order valence-corrected chi connectivity index (χ4v) is 1.11. The topological polar surface area (TPSA) is 87.0 Å². The lowest BCUT2D eigenvalue weighted by Crippen LogP contribution is -2.30. The number of aliphatic hydroxyl groups excluding tert-OH is 2. The van der Waals surface area contributed by atoms with Crippen molar-refractivity contribution in [1.82, 2.24) is 0 Å². The van der Waals surface area contributed by atoms with Gasteiger partial charge in [-0.05, 0) is 12.8 Å². The maximum Gasteiger partial charge on any atom is 0.314 e. The van der Waals surface area contributed by atoms with Crippen LogP contribution in [0.1, 0.15) is 26.7 Å². The second kappa shape index (κ2) is 7.62. The molecule has 0 aromatic heterocycles. The molecule has 0 aromatic rings. The maximum atomic E-state index is 11.3. The van der Waals surface area contributed by atoms with Gasteiger partial charge in [0.05, 0.1) is 6.61 Å². The van der Waals surface area contributed by atoms with Gasteiger partial charge in [0.25, 0.3) is 0 Å². The normalized spacial score (nSPS) is 15.1. The molecule has 0 aliphatic rings. The minimum atomic E-state index is -1.68. The van der Waals surface area contributed by atoms with Crippen LogP contribution in [0.15, 0.2) is 0 Å². The Morgan fingerprint density at radius 1 is 1.27 bits per heavy atom. The Balaban J connectivity index is 4.00. The molecule has 2 unspecified atom stereocenters. The fourth-order valence-electron chi connectivity index (χ4n) is 1.11. The Kier molecular flexibility index (Phi) is 7.29. The molecule has 0 radical (unpaired) electrons. The van der Waals surface area contributed by atoms with Gasteiger partial charge in [-0.3, -0.25) is 4.79 Å². The Hall–Kier alpha value is -0.650. The summed E-state index contributed by atoms with van der Waals surface area (Å²) in [6.07, 6.45) is -0.661. The van der Waals surface area contributed by atoms with Crippen LogP contribution in [0, 0.1) is 11.8 Å². The predicted molar refractivity (Wildman–Crippen MR) is 53.8 cm³/mol. The first-order valence-corrected chi connectivity index (χ1v) is 5.20. The van der Waals surface area contributed by atoms with Gasteiger partial charge < -0.3 is 20.1 Å². The highest BCUT2D eigenvalue weighted by atomic mass is 16.5. The van der Waals surface area contributed by atoms with Gasteiger partial charge in [-0.25, -0.2) is 0 Å². The van der Waals surface area contributed by atoms with Crippen molar-refractivity contribution in [1.29, 1.82) is 0 Å². The number of carbonyl (C=O) groups excluding carboxylic acids is 1. The zero-order valence-corrected chi connectivity index (χ0v) is 9.22. The lowest BCUT2D eigenvalue weighted by molar-refractivity contribution is -0.166. The van der Waals surface area contributed by atoms with Crippen molar-refractivity contribution in [2.45, 2.75) is 33.0 Å². The smallest absolute Gasteiger partial charge is 0.314 e. The standard InChI is InChI=1S/C10H20O5/c1-3-7(5-11)6-15-10(14)8(4-2)9(12)13/h7-9,11-13H,3-6H2,1-2H3. The first-order valence-electron chi connectivity index (χ1n) is 5.20. The average molecular weight is 220 g/mol. The number of hydrogen-bond donors (Lipinski definition) is 3. The molecule has 0 aromatic carbocycles. The maximum absolute atomic E-state index is 11.3. The summed E-state index contributed by atoms with van der Waals surface area (Å²) in [7, 11) is 0. The summed E-state index contributed by atoms with van der Waals surface area (Å²) in [5, 5.41) is 26.6. The molecule has 3 N–H and O–H groups in total. The lowest BCUT2D eigenvalue weighted by Gasteiger charge is -2.18. The summed E-state index contributed by atoms with van der Waals surface area (Å²) < 4.78 is 4.88. The molecule has 90 valence electrons. The second-order valence-corrected chi connectivity index (χ2v) is 3.52. The van der Waals surface area contributed by atoms with Gasteiger partial charge in [-0.1, -0.05) is 13.8 Å². The van der Waals surface area contributed by atoms with Gasteiger partial charge in [-0.2, -0.15) is 0 Å². The number of carbonyl (C=O) groups is 1. The fraction of sp³-hybridized carbons (Fsp3) is 0.900. The van der Waals surface area contributed by atoms with Crippen molar-refractivity contribution in [2.75, 3.05) is 13.2 Å². The highest BCUT2D eigenvalue weighted by molar-refractivity contribution is 5.72. The van der Waals surface area contributed by atoms with Gasteiger partial charge in [0.1, 0.15) is 5.92 Å². The summed E-state index contributed by atoms with van der Waals surface area (Å²) in [6, 6.07) is 0. The highest BCUT2D eigenvalue weighted by Crippen LogP contribution is 2.11. The molecule has 0 aliphatic carbocycles. The van der Waals surface area contributed by atoms with Crippen LogP contribution in [0.25, 0.3) is 0 Å². The molecule has 0 saturated carbocycles. The molecule has 15 heavy (non-hydrogen) atoms. The van der Waals surface area contributed by atoms with Crippen molar-refractivity contribution in [3.8, 4) is 0 Å². The van der Waals surface area contributed by atoms with Crippen molar-refractivity contribution in [3.05, 3.63) is 0 Å². The molecular weight excluding hydrogens is 200 g/mol. The zero-order chi connectivity index (χ0) is 11.8. The van der Waals surface area contributed by atoms with Crippen molar-refractivity contribution >= 4 is 5.97 Å². The van der Waals surface area contributed by atoms with Crippen molar-refractivity contribution in [2.24, 2.45) is 11.8 Å². The molecular formula is C10H20O5. The molecule has 5 nitrogen and oxygen atoms in total. The van der Waals surface area contributed by atoms with Crippen LogP contribution in [-0.2, 0) is 9.53 Å². The summed E-state index contributed by atoms with van der Waals surface area (Å²) in [5.41, 5.74) is 0. The first-order chi connectivity index (χ1) is 7.06. The zero-order valence-electron chi connectivity index (χ0n) is 9.22. The minimum absolute atomic E-state index is 0.0394. The van der Waals surface area contributed by atoms with Gasteiger partial charge >= 0.3 is 5.97 Å². The Bertz CT molecular complexity index is 177. The SMILES string of the molecule is CCC(CO)COC(=O)C(CC)C(O)O. The van der Waals surface area contributed by atoms with E-state index in [4.69, 9.17) is 20.1 Å². The predicted octanol–water partition coefficient (Wildman–Crippen LogP) is -0.115. The van der Waals surface area contributed by atoms with Crippen LogP contribution >= 0.6 is 0 Å². The third-order valence-electron chi connectivity index (χ3n) is 2.40. The van der Waals surface area contributed by atoms with E-state index >= 15 is 0 Å². The summed E-state index contributed by atoms with van der Waals surface area (Å²) in [5.74, 6) is -1.61. The van der Waals surface area contributed by atoms with E-state index in [-0.39, 0.29) is 19.1 Å². The van der Waals surface area contributed by atoms with Crippen LogP contribution < -0.4 is 0 Å². The summed E-state index contributed by atoms with van der Waals surface area (Å²) >= 11 is 0. The van der Waals surface area contributed by atoms with E-state index in [9.17, 15) is 4.79 Å². The molecule has 0 spiro atoms. The molecule has 5 heteroatoms. The number of hydrogen-bond acceptors (Lipinski definition) is 5. The third kappa shape index (κ3) is 5.11. The molecule has 0 rings (SSSR count). The first kappa shape index (κ1) is 14.3. The Morgan fingerprint density at radius 2 is 1.87 bits per heavy atom. The van der Waals surface area contributed by atoms with E-state index in [0.717, 1.165) is 0 Å². The molecule has 0 fully saturated rings. The second-order valence-electron chi connectivity index (χ2n) is 3.52. The van der Waals surface area contributed by atoms with E-state index < -0.39 is 18.2 Å². The van der Waals surface area contributed by atoms with Crippen LogP contribution in [0.4, 0.5) is 0 Å². The molecule has 0 amide bonds. The lowest BCUT2D eigenvalue weighted by atomic mass is 10.1. The van der Waals surface area contributed by atoms with Crippen LogP contribution in [0.5, 0.6) is 0 Å². The number of ether oxygens (including phenoxy) is 1. The highest BCUT2D eigenvalue weighted by Gasteiger charge is 2.25. The molecule has 0 aliphatic heterocycles. The van der Waals surface area contributed by atoms with E-state index in [1.54, 1.807) is 6.92 Å². The van der Waals surface area contributed by atoms with Crippen LogP contribution in [0.3, 0.4) is 0 Å². The van der Waals surface area contributed by atoms with Crippen molar-refractivity contribution in [3.63, 3.8) is 0 Å². The van der Waals surface area contributed by atoms with Crippen molar-refractivity contribution < 1.29 is 24.9 Å². The van der Waals surface area contributed by atoms with Gasteiger partial charge in [0, 0.05) is 12.5 Å². The number of rotatable bonds is 7. The molecule has 0 heterocycles. The summed E-state index contributed by atoms with van der Waals surface area (Å²) in [6.45, 7) is 3.64. The van der Waals surface area contributed by atoms with Crippen LogP contribution in [0.2, 0.25) is 0 Å². The van der Waals surface area contributed by atoms with E-state index in [0.29, 0.717) is 12.8 Å². The van der Waals surface area contributed by atoms with Gasteiger partial charge in [-0.15, -0.1) is 0 Å². The average Bonchev–Trinajstić information content (AvgIpc) is 2.19. The largest absolute Gasteiger partial charge is 0.465 e. The van der Waals surface area contributed by atoms with Gasteiger partial charge in [0.15, 0.2) is 6.29 Å². The van der Waals surface area contributed by atoms with E-state index in [1.807, 2.05) is 6.92 Å². The molecule has 2 atom stereocenters. The number of aliphatic hydroxyl groups is 3. The number of esters is 1. The Labute approximate surface area is 89.7 Å². The Morgan fingerprint density at radius 3 is 2.20 bits per heavy atom. The molecule has 0 saturated heterocycles. The third-order valence-corrected chi connectivity index (χ3v) is 2.40. The van der Waals surface area contributed by atoms with E-state index in [1.165, 1.54) is 0 Å².